The van der Waals surface area contributed by atoms with Crippen LogP contribution >= 0.6 is 12.6 Å². The molecule has 10 heteroatoms. The van der Waals surface area contributed by atoms with E-state index in [2.05, 4.69) is 22.7 Å². The van der Waals surface area contributed by atoms with Crippen LogP contribution in [0.15, 0.2) is 29.4 Å². The van der Waals surface area contributed by atoms with Gasteiger partial charge in [0.05, 0.1) is 31.8 Å². The highest BCUT2D eigenvalue weighted by Gasteiger charge is 2.56. The van der Waals surface area contributed by atoms with Crippen LogP contribution < -0.4 is 0 Å². The van der Waals surface area contributed by atoms with E-state index >= 15 is 0 Å². The lowest BCUT2D eigenvalue weighted by Gasteiger charge is -2.59. The Bertz CT molecular complexity index is 1050. The van der Waals surface area contributed by atoms with Crippen LogP contribution in [-0.2, 0) is 16.9 Å². The number of ether oxygens (including phenoxy) is 1. The van der Waals surface area contributed by atoms with E-state index in [1.165, 1.54) is 6.07 Å². The molecule has 4 fully saturated rings. The molecule has 2 aliphatic carbocycles. The topological polar surface area (TPSA) is 83.7 Å². The summed E-state index contributed by atoms with van der Waals surface area (Å²) in [7, 11) is 0. The third-order valence-corrected chi connectivity index (χ3v) is 7.59. The first-order valence-corrected chi connectivity index (χ1v) is 11.5. The molecule has 32 heavy (non-hydrogen) atoms. The fourth-order valence-electron chi connectivity index (χ4n) is 5.05. The van der Waals surface area contributed by atoms with E-state index in [1.807, 2.05) is 9.58 Å². The number of aromatic nitrogens is 3. The highest BCUT2D eigenvalue weighted by Crippen LogP contribution is 2.54. The number of amides is 2. The Kier molecular flexibility index (Phi) is 4.58. The number of carbonyl (C=O) groups is 1. The average molecular weight is 460 g/mol. The molecule has 170 valence electrons. The van der Waals surface area contributed by atoms with Crippen molar-refractivity contribution in [2.24, 2.45) is 5.41 Å². The van der Waals surface area contributed by atoms with Crippen molar-refractivity contribution in [1.29, 1.82) is 0 Å². The summed E-state index contributed by atoms with van der Waals surface area (Å²) < 4.78 is 21.5. The average Bonchev–Trinajstić information content (AvgIpc) is 3.21. The van der Waals surface area contributed by atoms with Crippen LogP contribution in [0.4, 0.5) is 9.18 Å². The maximum absolute atomic E-state index is 13.9. The fraction of sp³-hybridized carbons (Fsp3) is 0.591. The minimum atomic E-state index is -0.795. The normalized spacial score (nSPS) is 23.6. The second-order valence-electron chi connectivity index (χ2n) is 9.89. The van der Waals surface area contributed by atoms with Crippen molar-refractivity contribution in [3.8, 4) is 0 Å². The molecule has 1 aromatic heterocycles. The Morgan fingerprint density at radius 3 is 2.69 bits per heavy atom. The standard InChI is InChI=1S/C22H26FN5O3S/c23-18-5-17(32)2-1-14(18)10-31-16-8-26(9-16)20(29)27-11-21(12-27)6-15(7-21)28-13-24-19(25-28)22(30)3-4-22/h1-2,5,13,15-16,30,32H,3-4,6-12H2. The van der Waals surface area contributed by atoms with Gasteiger partial charge in [-0.3, -0.25) is 0 Å². The Morgan fingerprint density at radius 2 is 2.00 bits per heavy atom. The highest BCUT2D eigenvalue weighted by atomic mass is 32.1. The predicted molar refractivity (Wildman–Crippen MR) is 115 cm³/mol. The van der Waals surface area contributed by atoms with Crippen LogP contribution in [0.25, 0.3) is 0 Å². The first-order valence-electron chi connectivity index (χ1n) is 11.1. The number of hydrogen-bond donors (Lipinski definition) is 2. The highest BCUT2D eigenvalue weighted by molar-refractivity contribution is 7.80. The number of urea groups is 1. The third kappa shape index (κ3) is 3.48. The summed E-state index contributed by atoms with van der Waals surface area (Å²) in [5, 5.41) is 14.6. The molecule has 2 saturated carbocycles. The number of halogens is 1. The molecule has 0 unspecified atom stereocenters. The molecule has 8 nitrogen and oxygen atoms in total. The molecule has 6 rings (SSSR count). The van der Waals surface area contributed by atoms with Gasteiger partial charge in [0.1, 0.15) is 17.7 Å². The second-order valence-corrected chi connectivity index (χ2v) is 10.4. The van der Waals surface area contributed by atoms with Crippen LogP contribution in [0.2, 0.25) is 0 Å². The zero-order valence-corrected chi connectivity index (χ0v) is 18.5. The van der Waals surface area contributed by atoms with Gasteiger partial charge < -0.3 is 19.6 Å². The zero-order chi connectivity index (χ0) is 22.1. The molecule has 2 aliphatic heterocycles. The molecule has 2 amide bonds. The van der Waals surface area contributed by atoms with Crippen molar-refractivity contribution in [3.63, 3.8) is 0 Å². The molecule has 2 saturated heterocycles. The number of thiol groups is 1. The van der Waals surface area contributed by atoms with Gasteiger partial charge in [0.2, 0.25) is 0 Å². The smallest absolute Gasteiger partial charge is 0.320 e. The SMILES string of the molecule is O=C(N1CC(OCc2ccc(S)cc2F)C1)N1CC2(CC(n3cnc(C4(O)CC4)n3)C2)C1. The summed E-state index contributed by atoms with van der Waals surface area (Å²) >= 11 is 4.12. The quantitative estimate of drug-likeness (QED) is 0.671. The molecule has 1 N–H and O–H groups in total. The number of nitrogens with zero attached hydrogens (tertiary/aromatic N) is 5. The van der Waals surface area contributed by atoms with Crippen molar-refractivity contribution >= 4 is 18.7 Å². The number of aliphatic hydroxyl groups is 1. The summed E-state index contributed by atoms with van der Waals surface area (Å²) in [6, 6.07) is 5.15. The second kappa shape index (κ2) is 7.16. The maximum Gasteiger partial charge on any atom is 0.320 e. The maximum atomic E-state index is 13.9. The Labute approximate surface area is 190 Å². The van der Waals surface area contributed by atoms with Crippen LogP contribution in [0.3, 0.4) is 0 Å². The summed E-state index contributed by atoms with van der Waals surface area (Å²) in [6.45, 7) is 2.83. The van der Waals surface area contributed by atoms with Gasteiger partial charge in [-0.1, -0.05) is 6.07 Å². The lowest BCUT2D eigenvalue weighted by atomic mass is 9.61. The van der Waals surface area contributed by atoms with Gasteiger partial charge in [-0.25, -0.2) is 18.9 Å². The Balaban J connectivity index is 0.931. The molecule has 1 aromatic carbocycles. The van der Waals surface area contributed by atoms with Gasteiger partial charge in [0, 0.05) is 29.0 Å². The van der Waals surface area contributed by atoms with Crippen molar-refractivity contribution in [2.45, 2.75) is 54.9 Å². The Morgan fingerprint density at radius 1 is 1.25 bits per heavy atom. The number of benzene rings is 1. The van der Waals surface area contributed by atoms with Gasteiger partial charge in [0.25, 0.3) is 0 Å². The van der Waals surface area contributed by atoms with Crippen molar-refractivity contribution in [3.05, 3.63) is 41.7 Å². The van der Waals surface area contributed by atoms with E-state index in [0.29, 0.717) is 35.4 Å². The molecule has 0 bridgehead atoms. The van der Waals surface area contributed by atoms with E-state index < -0.39 is 5.60 Å². The summed E-state index contributed by atoms with van der Waals surface area (Å²) in [4.78, 5) is 21.2. The summed E-state index contributed by atoms with van der Waals surface area (Å²) in [6.07, 6.45) is 5.13. The lowest BCUT2D eigenvalue weighted by molar-refractivity contribution is -0.0926. The molecule has 3 heterocycles. The molecule has 1 spiro atoms. The number of carbonyl (C=O) groups excluding carboxylic acids is 1. The molecular formula is C22H26FN5O3S. The molecule has 2 aromatic rings. The monoisotopic (exact) mass is 459 g/mol. The van der Waals surface area contributed by atoms with Crippen LogP contribution in [0.5, 0.6) is 0 Å². The third-order valence-electron chi connectivity index (χ3n) is 7.31. The molecule has 0 radical (unpaired) electrons. The van der Waals surface area contributed by atoms with Crippen molar-refractivity contribution < 1.29 is 19.0 Å². The van der Waals surface area contributed by atoms with Crippen LogP contribution in [0.1, 0.15) is 43.1 Å². The van der Waals surface area contributed by atoms with Gasteiger partial charge >= 0.3 is 6.03 Å². The largest absolute Gasteiger partial charge is 0.382 e. The number of hydrogen-bond acceptors (Lipinski definition) is 6. The Hall–Kier alpha value is -2.17. The number of rotatable bonds is 5. The fourth-order valence-corrected chi connectivity index (χ4v) is 5.24. The molecule has 0 atom stereocenters. The first-order chi connectivity index (χ1) is 15.3. The van der Waals surface area contributed by atoms with Gasteiger partial charge in [-0.15, -0.1) is 12.6 Å². The van der Waals surface area contributed by atoms with Crippen LogP contribution in [0, 0.1) is 11.2 Å². The lowest BCUT2D eigenvalue weighted by Crippen LogP contribution is -2.68. The van der Waals surface area contributed by atoms with Crippen molar-refractivity contribution in [1.82, 2.24) is 24.6 Å². The predicted octanol–water partition coefficient (Wildman–Crippen LogP) is 2.35. The van der Waals surface area contributed by atoms with E-state index in [1.54, 1.807) is 23.4 Å². The number of likely N-dealkylation sites (tertiary alicyclic amines) is 2. The van der Waals surface area contributed by atoms with E-state index in [-0.39, 0.29) is 30.0 Å². The van der Waals surface area contributed by atoms with Gasteiger partial charge in [-0.05, 0) is 37.8 Å². The van der Waals surface area contributed by atoms with E-state index in [4.69, 9.17) is 4.74 Å². The minimum Gasteiger partial charge on any atom is -0.382 e. The molecule has 4 aliphatic rings. The van der Waals surface area contributed by atoms with Gasteiger partial charge in [-0.2, -0.15) is 5.10 Å². The van der Waals surface area contributed by atoms with Crippen LogP contribution in [-0.4, -0.2) is 68.0 Å². The first kappa shape index (κ1) is 20.4. The van der Waals surface area contributed by atoms with Gasteiger partial charge in [0.15, 0.2) is 5.82 Å². The van der Waals surface area contributed by atoms with E-state index in [9.17, 15) is 14.3 Å². The van der Waals surface area contributed by atoms with Crippen molar-refractivity contribution in [2.75, 3.05) is 26.2 Å². The summed E-state index contributed by atoms with van der Waals surface area (Å²) in [5.41, 5.74) is -0.0980. The summed E-state index contributed by atoms with van der Waals surface area (Å²) in [5.74, 6) is 0.222. The minimum absolute atomic E-state index is 0.0554. The van der Waals surface area contributed by atoms with E-state index in [0.717, 1.165) is 38.8 Å². The zero-order valence-electron chi connectivity index (χ0n) is 17.7. The molecular weight excluding hydrogens is 433 g/mol.